The molecule has 1 fully saturated rings. The Morgan fingerprint density at radius 2 is 1.38 bits per heavy atom. The summed E-state index contributed by atoms with van der Waals surface area (Å²) < 4.78 is 0. The summed E-state index contributed by atoms with van der Waals surface area (Å²) in [5.74, 6) is -0.841. The molecule has 0 amide bonds. The first-order chi connectivity index (χ1) is 7.19. The lowest BCUT2D eigenvalue weighted by molar-refractivity contribution is -0.160. The van der Waals surface area contributed by atoms with Crippen molar-refractivity contribution in [1.82, 2.24) is 0 Å². The van der Waals surface area contributed by atoms with Gasteiger partial charge < -0.3 is 15.3 Å². The van der Waals surface area contributed by atoms with E-state index in [4.69, 9.17) is 0 Å². The van der Waals surface area contributed by atoms with Gasteiger partial charge in [0, 0.05) is 13.2 Å². The fraction of sp³-hybridized carbons (Fsp3) is 0.917. The van der Waals surface area contributed by atoms with Gasteiger partial charge in [-0.05, 0) is 37.0 Å². The molecular formula is C12H22O4. The number of hydrogen-bond donors (Lipinski definition) is 3. The highest BCUT2D eigenvalue weighted by Crippen LogP contribution is 2.54. The Kier molecular flexibility index (Phi) is 3.37. The third kappa shape index (κ3) is 2.38. The van der Waals surface area contributed by atoms with Crippen molar-refractivity contribution in [2.24, 2.45) is 16.2 Å². The van der Waals surface area contributed by atoms with Gasteiger partial charge in [0.2, 0.25) is 0 Å². The maximum atomic E-state index is 11.3. The molecule has 94 valence electrons. The summed E-state index contributed by atoms with van der Waals surface area (Å²) in [6.07, 6.45) is 1.58. The van der Waals surface area contributed by atoms with Crippen LogP contribution in [0.5, 0.6) is 0 Å². The number of aliphatic hydroxyl groups excluding tert-OH is 2. The molecule has 0 aromatic rings. The lowest BCUT2D eigenvalue weighted by atomic mass is 9.55. The van der Waals surface area contributed by atoms with E-state index >= 15 is 0 Å². The Hall–Kier alpha value is -0.610. The predicted molar refractivity (Wildman–Crippen MR) is 60.0 cm³/mol. The molecule has 4 heteroatoms. The van der Waals surface area contributed by atoms with Crippen molar-refractivity contribution >= 4 is 5.97 Å². The number of rotatable bonds is 3. The molecule has 16 heavy (non-hydrogen) atoms. The highest BCUT2D eigenvalue weighted by atomic mass is 16.4. The van der Waals surface area contributed by atoms with Crippen LogP contribution in [-0.4, -0.2) is 34.5 Å². The molecule has 0 saturated heterocycles. The van der Waals surface area contributed by atoms with Gasteiger partial charge in [0.1, 0.15) is 0 Å². The van der Waals surface area contributed by atoms with Crippen molar-refractivity contribution in [2.75, 3.05) is 13.2 Å². The molecule has 1 saturated carbocycles. The maximum absolute atomic E-state index is 11.3. The molecular weight excluding hydrogens is 208 g/mol. The van der Waals surface area contributed by atoms with Crippen LogP contribution in [-0.2, 0) is 4.79 Å². The van der Waals surface area contributed by atoms with Crippen LogP contribution in [0.3, 0.4) is 0 Å². The first-order valence-electron chi connectivity index (χ1n) is 5.64. The van der Waals surface area contributed by atoms with Crippen molar-refractivity contribution in [3.05, 3.63) is 0 Å². The molecule has 1 aliphatic carbocycles. The van der Waals surface area contributed by atoms with Gasteiger partial charge in [0.15, 0.2) is 0 Å². The van der Waals surface area contributed by atoms with Gasteiger partial charge in [-0.15, -0.1) is 0 Å². The summed E-state index contributed by atoms with van der Waals surface area (Å²) in [6, 6.07) is 0. The van der Waals surface area contributed by atoms with Gasteiger partial charge in [0.05, 0.1) is 5.41 Å². The zero-order valence-corrected chi connectivity index (χ0v) is 10.3. The van der Waals surface area contributed by atoms with Crippen molar-refractivity contribution in [3.63, 3.8) is 0 Å². The average molecular weight is 230 g/mol. The standard InChI is InChI=1S/C12H22O4/c1-10(7-13)4-11(2,8-14)6-12(3,5-10)9(15)16/h13-14H,4-8H2,1-3H3,(H,15,16). The van der Waals surface area contributed by atoms with E-state index < -0.39 is 22.2 Å². The molecule has 2 unspecified atom stereocenters. The van der Waals surface area contributed by atoms with Crippen LogP contribution in [0.4, 0.5) is 0 Å². The van der Waals surface area contributed by atoms with Crippen molar-refractivity contribution < 1.29 is 20.1 Å². The fourth-order valence-electron chi connectivity index (χ4n) is 3.48. The number of aliphatic carboxylic acids is 1. The number of aliphatic hydroxyl groups is 2. The first-order valence-corrected chi connectivity index (χ1v) is 5.64. The molecule has 1 aliphatic rings. The Labute approximate surface area is 96.3 Å². The molecule has 4 nitrogen and oxygen atoms in total. The molecule has 1 rings (SSSR count). The summed E-state index contributed by atoms with van der Waals surface area (Å²) >= 11 is 0. The third-order valence-electron chi connectivity index (χ3n) is 3.77. The van der Waals surface area contributed by atoms with E-state index in [1.165, 1.54) is 0 Å². The zero-order valence-electron chi connectivity index (χ0n) is 10.3. The number of hydrogen-bond acceptors (Lipinski definition) is 3. The van der Waals surface area contributed by atoms with Gasteiger partial charge in [-0.2, -0.15) is 0 Å². The highest BCUT2D eigenvalue weighted by Gasteiger charge is 2.51. The Morgan fingerprint density at radius 1 is 1.00 bits per heavy atom. The average Bonchev–Trinajstić information content (AvgIpc) is 2.16. The van der Waals surface area contributed by atoms with Crippen LogP contribution >= 0.6 is 0 Å². The fourth-order valence-corrected chi connectivity index (χ4v) is 3.48. The molecule has 0 aromatic carbocycles. The Bertz CT molecular complexity index is 271. The van der Waals surface area contributed by atoms with Crippen molar-refractivity contribution in [1.29, 1.82) is 0 Å². The molecule has 0 bridgehead atoms. The number of carboxylic acid groups (broad SMARTS) is 1. The maximum Gasteiger partial charge on any atom is 0.309 e. The highest BCUT2D eigenvalue weighted by molar-refractivity contribution is 5.74. The van der Waals surface area contributed by atoms with Crippen LogP contribution in [0, 0.1) is 16.2 Å². The van der Waals surface area contributed by atoms with Crippen molar-refractivity contribution in [3.8, 4) is 0 Å². The zero-order chi connectivity index (χ0) is 12.6. The van der Waals surface area contributed by atoms with E-state index in [1.807, 2.05) is 13.8 Å². The summed E-state index contributed by atoms with van der Waals surface area (Å²) in [5.41, 5.74) is -1.68. The summed E-state index contributed by atoms with van der Waals surface area (Å²) in [5, 5.41) is 28.1. The minimum Gasteiger partial charge on any atom is -0.481 e. The van der Waals surface area contributed by atoms with Crippen LogP contribution in [0.25, 0.3) is 0 Å². The second kappa shape index (κ2) is 4.00. The third-order valence-corrected chi connectivity index (χ3v) is 3.77. The van der Waals surface area contributed by atoms with Crippen LogP contribution in [0.15, 0.2) is 0 Å². The van der Waals surface area contributed by atoms with Crippen molar-refractivity contribution in [2.45, 2.75) is 40.0 Å². The first kappa shape index (κ1) is 13.5. The molecule has 0 radical (unpaired) electrons. The van der Waals surface area contributed by atoms with Crippen LogP contribution in [0.1, 0.15) is 40.0 Å². The van der Waals surface area contributed by atoms with E-state index in [-0.39, 0.29) is 13.2 Å². The van der Waals surface area contributed by atoms with Gasteiger partial charge in [-0.3, -0.25) is 4.79 Å². The van der Waals surface area contributed by atoms with Crippen LogP contribution < -0.4 is 0 Å². The summed E-state index contributed by atoms with van der Waals surface area (Å²) in [7, 11) is 0. The minimum absolute atomic E-state index is 0.0362. The van der Waals surface area contributed by atoms with Gasteiger partial charge in [0.25, 0.3) is 0 Å². The molecule has 0 aliphatic heterocycles. The second-order valence-electron chi connectivity index (χ2n) is 6.33. The molecule has 0 heterocycles. The van der Waals surface area contributed by atoms with E-state index in [9.17, 15) is 20.1 Å². The second-order valence-corrected chi connectivity index (χ2v) is 6.33. The lowest BCUT2D eigenvalue weighted by Crippen LogP contribution is -2.48. The van der Waals surface area contributed by atoms with Gasteiger partial charge in [-0.25, -0.2) is 0 Å². The molecule has 3 N–H and O–H groups in total. The van der Waals surface area contributed by atoms with Crippen LogP contribution in [0.2, 0.25) is 0 Å². The summed E-state index contributed by atoms with van der Waals surface area (Å²) in [4.78, 5) is 11.3. The number of carboxylic acids is 1. The van der Waals surface area contributed by atoms with E-state index in [2.05, 4.69) is 0 Å². The molecule has 2 atom stereocenters. The van der Waals surface area contributed by atoms with E-state index in [1.54, 1.807) is 6.92 Å². The number of carbonyl (C=O) groups is 1. The monoisotopic (exact) mass is 230 g/mol. The Balaban J connectivity index is 3.05. The smallest absolute Gasteiger partial charge is 0.309 e. The lowest BCUT2D eigenvalue weighted by Gasteiger charge is -2.50. The Morgan fingerprint density at radius 3 is 1.62 bits per heavy atom. The SMILES string of the molecule is CC1(CO)CC(C)(CO)CC(C)(C(=O)O)C1. The summed E-state index contributed by atoms with van der Waals surface area (Å²) in [6.45, 7) is 5.41. The molecule has 0 spiro atoms. The normalized spacial score (nSPS) is 44.3. The molecule has 0 aromatic heterocycles. The largest absolute Gasteiger partial charge is 0.481 e. The topological polar surface area (TPSA) is 77.8 Å². The van der Waals surface area contributed by atoms with E-state index in [0.717, 1.165) is 0 Å². The van der Waals surface area contributed by atoms with Gasteiger partial charge >= 0.3 is 5.97 Å². The quantitative estimate of drug-likeness (QED) is 0.682. The van der Waals surface area contributed by atoms with Gasteiger partial charge in [-0.1, -0.05) is 13.8 Å². The predicted octanol–water partition coefficient (Wildman–Crippen LogP) is 1.26. The minimum atomic E-state index is -0.854. The van der Waals surface area contributed by atoms with E-state index in [0.29, 0.717) is 19.3 Å².